The summed E-state index contributed by atoms with van der Waals surface area (Å²) in [7, 11) is 0. The van der Waals surface area contributed by atoms with Crippen molar-refractivity contribution < 1.29 is 0 Å². The lowest BCUT2D eigenvalue weighted by Gasteiger charge is -2.20. The third-order valence-electron chi connectivity index (χ3n) is 4.35. The van der Waals surface area contributed by atoms with Gasteiger partial charge in [0.25, 0.3) is 0 Å². The van der Waals surface area contributed by atoms with Gasteiger partial charge in [-0.3, -0.25) is 0 Å². The summed E-state index contributed by atoms with van der Waals surface area (Å²) in [4.78, 5) is 3.47. The maximum absolute atomic E-state index is 6.45. The molecule has 1 atom stereocenters. The third-order valence-corrected chi connectivity index (χ3v) is 4.66. The van der Waals surface area contributed by atoms with Gasteiger partial charge in [0.2, 0.25) is 0 Å². The van der Waals surface area contributed by atoms with E-state index in [1.165, 1.54) is 0 Å². The fourth-order valence-electron chi connectivity index (χ4n) is 2.79. The highest BCUT2D eigenvalue weighted by molar-refractivity contribution is 6.32. The van der Waals surface area contributed by atoms with Crippen molar-refractivity contribution in [2.24, 2.45) is 11.7 Å². The zero-order valence-electron chi connectivity index (χ0n) is 14.6. The smallest absolute Gasteiger partial charge is 0.0548 e. The molecule has 1 heterocycles. The van der Waals surface area contributed by atoms with Gasteiger partial charge < -0.3 is 16.0 Å². The van der Waals surface area contributed by atoms with Crippen LogP contribution in [0.5, 0.6) is 0 Å². The van der Waals surface area contributed by atoms with Gasteiger partial charge in [0, 0.05) is 39.8 Å². The molecule has 0 bridgehead atoms. The number of rotatable bonds is 6. The molecule has 1 aromatic heterocycles. The number of hydrogen-bond acceptors (Lipinski definition) is 2. The van der Waals surface area contributed by atoms with Gasteiger partial charge >= 0.3 is 0 Å². The van der Waals surface area contributed by atoms with Gasteiger partial charge in [-0.2, -0.15) is 0 Å². The number of H-pyrrole nitrogens is 1. The second kappa shape index (κ2) is 6.98. The molecule has 0 spiro atoms. The first-order valence-electron chi connectivity index (χ1n) is 8.20. The van der Waals surface area contributed by atoms with Crippen LogP contribution in [0.4, 0.5) is 0 Å². The normalized spacial score (nSPS) is 13.3. The van der Waals surface area contributed by atoms with E-state index >= 15 is 0 Å². The van der Waals surface area contributed by atoms with Crippen LogP contribution < -0.4 is 11.1 Å². The predicted molar refractivity (Wildman–Crippen MR) is 101 cm³/mol. The van der Waals surface area contributed by atoms with Crippen LogP contribution in [-0.4, -0.2) is 11.5 Å². The molecule has 2 rings (SSSR count). The molecule has 1 aromatic carbocycles. The van der Waals surface area contributed by atoms with Gasteiger partial charge in [-0.25, -0.2) is 0 Å². The Morgan fingerprint density at radius 1 is 1.35 bits per heavy atom. The quantitative estimate of drug-likeness (QED) is 0.717. The van der Waals surface area contributed by atoms with E-state index in [1.54, 1.807) is 0 Å². The van der Waals surface area contributed by atoms with Crippen LogP contribution in [-0.2, 0) is 12.0 Å². The molecule has 2 aromatic rings. The minimum atomic E-state index is 0.0263. The Morgan fingerprint density at radius 3 is 2.61 bits per heavy atom. The van der Waals surface area contributed by atoms with Gasteiger partial charge in [-0.05, 0) is 35.6 Å². The van der Waals surface area contributed by atoms with Crippen LogP contribution in [0.1, 0.15) is 45.4 Å². The maximum Gasteiger partial charge on any atom is 0.0548 e. The second-order valence-electron chi connectivity index (χ2n) is 7.18. The van der Waals surface area contributed by atoms with Crippen LogP contribution in [0, 0.1) is 5.92 Å². The summed E-state index contributed by atoms with van der Waals surface area (Å²) < 4.78 is 0. The molecule has 0 fully saturated rings. The van der Waals surface area contributed by atoms with Gasteiger partial charge in [0.1, 0.15) is 0 Å². The number of nitrogens with one attached hydrogen (secondary N) is 2. The van der Waals surface area contributed by atoms with Crippen molar-refractivity contribution in [3.63, 3.8) is 0 Å². The zero-order valence-corrected chi connectivity index (χ0v) is 15.3. The fraction of sp³-hybridized carbons (Fsp3) is 0.474. The second-order valence-corrected chi connectivity index (χ2v) is 7.59. The van der Waals surface area contributed by atoms with E-state index in [9.17, 15) is 0 Å². The minimum absolute atomic E-state index is 0.0263. The van der Waals surface area contributed by atoms with Crippen molar-refractivity contribution >= 4 is 22.5 Å². The van der Waals surface area contributed by atoms with Crippen molar-refractivity contribution in [3.05, 3.63) is 46.8 Å². The molecule has 3 nitrogen and oxygen atoms in total. The summed E-state index contributed by atoms with van der Waals surface area (Å²) in [6, 6.07) is 6.34. The Balaban J connectivity index is 2.19. The molecular formula is C19H28ClN3. The number of fused-ring (bicyclic) bond motifs is 1. The molecule has 0 radical (unpaired) electrons. The Kier molecular flexibility index (Phi) is 5.43. The van der Waals surface area contributed by atoms with Crippen molar-refractivity contribution in [2.45, 2.75) is 46.1 Å². The van der Waals surface area contributed by atoms with Crippen molar-refractivity contribution in [2.75, 3.05) is 6.54 Å². The van der Waals surface area contributed by atoms with Crippen molar-refractivity contribution in [1.29, 1.82) is 0 Å². The summed E-state index contributed by atoms with van der Waals surface area (Å²) in [5, 5.41) is 5.34. The molecule has 0 saturated heterocycles. The van der Waals surface area contributed by atoms with E-state index in [0.29, 0.717) is 19.0 Å². The van der Waals surface area contributed by atoms with Crippen LogP contribution in [0.15, 0.2) is 30.5 Å². The number of halogens is 1. The van der Waals surface area contributed by atoms with Crippen molar-refractivity contribution in [1.82, 2.24) is 10.3 Å². The molecule has 4 N–H and O–H groups in total. The van der Waals surface area contributed by atoms with E-state index in [1.807, 2.05) is 6.07 Å². The zero-order chi connectivity index (χ0) is 17.2. The predicted octanol–water partition coefficient (Wildman–Crippen LogP) is 4.71. The maximum atomic E-state index is 6.45. The summed E-state index contributed by atoms with van der Waals surface area (Å²) in [6.07, 6.45) is 1.000. The number of hydrogen-bond donors (Lipinski definition) is 3. The molecule has 0 aliphatic carbocycles. The van der Waals surface area contributed by atoms with Crippen LogP contribution in [0.2, 0.25) is 5.02 Å². The highest BCUT2D eigenvalue weighted by Gasteiger charge is 2.18. The van der Waals surface area contributed by atoms with E-state index in [0.717, 1.165) is 39.3 Å². The summed E-state index contributed by atoms with van der Waals surface area (Å²) in [6.45, 7) is 14.1. The first-order valence-corrected chi connectivity index (χ1v) is 8.58. The highest BCUT2D eigenvalue weighted by atomic mass is 35.5. The molecule has 0 amide bonds. The fourth-order valence-corrected chi connectivity index (χ4v) is 3.25. The largest absolute Gasteiger partial charge is 0.383 e. The Labute approximate surface area is 144 Å². The lowest BCUT2D eigenvalue weighted by molar-refractivity contribution is 0.551. The molecule has 4 heteroatoms. The molecule has 23 heavy (non-hydrogen) atoms. The van der Waals surface area contributed by atoms with Crippen molar-refractivity contribution in [3.8, 4) is 0 Å². The Bertz CT molecular complexity index is 690. The van der Waals surface area contributed by atoms with E-state index < -0.39 is 0 Å². The molecule has 1 unspecified atom stereocenters. The molecule has 0 saturated carbocycles. The molecule has 0 aliphatic heterocycles. The standard InChI is InChI=1S/C19H28ClN3/c1-6-13(10-21)12(2)22-11-15-7-14-8-17(20)16(19(3,4)5)9-18(14)23-15/h7-9,13,22-23H,2,6,10-11,21H2,1,3-5H3. The van der Waals surface area contributed by atoms with Crippen LogP contribution in [0.3, 0.4) is 0 Å². The van der Waals surface area contributed by atoms with Crippen LogP contribution >= 0.6 is 11.6 Å². The molecule has 126 valence electrons. The van der Waals surface area contributed by atoms with Gasteiger partial charge in [0.05, 0.1) is 6.54 Å². The number of aromatic nitrogens is 1. The SMILES string of the molecule is C=C(NCc1cc2cc(Cl)c(C(C)(C)C)cc2[nH]1)C(CC)CN. The average Bonchev–Trinajstić information content (AvgIpc) is 2.86. The Hall–Kier alpha value is -1.45. The first-order chi connectivity index (χ1) is 10.8. The van der Waals surface area contributed by atoms with Gasteiger partial charge in [0.15, 0.2) is 0 Å². The summed E-state index contributed by atoms with van der Waals surface area (Å²) in [5.74, 6) is 0.321. The lowest BCUT2D eigenvalue weighted by atomic mass is 9.86. The summed E-state index contributed by atoms with van der Waals surface area (Å²) in [5.41, 5.74) is 10.2. The van der Waals surface area contributed by atoms with E-state index in [-0.39, 0.29) is 5.41 Å². The van der Waals surface area contributed by atoms with E-state index in [4.69, 9.17) is 17.3 Å². The topological polar surface area (TPSA) is 53.8 Å². The number of benzene rings is 1. The number of nitrogens with two attached hydrogens (primary N) is 1. The third kappa shape index (κ3) is 4.10. The highest BCUT2D eigenvalue weighted by Crippen LogP contribution is 2.33. The molecular weight excluding hydrogens is 306 g/mol. The Morgan fingerprint density at radius 2 is 2.04 bits per heavy atom. The lowest BCUT2D eigenvalue weighted by Crippen LogP contribution is -2.24. The monoisotopic (exact) mass is 333 g/mol. The van der Waals surface area contributed by atoms with E-state index in [2.05, 4.69) is 56.7 Å². The number of aromatic amines is 1. The minimum Gasteiger partial charge on any atom is -0.383 e. The average molecular weight is 334 g/mol. The summed E-state index contributed by atoms with van der Waals surface area (Å²) >= 11 is 6.45. The van der Waals surface area contributed by atoms with Crippen LogP contribution in [0.25, 0.3) is 10.9 Å². The van der Waals surface area contributed by atoms with Gasteiger partial charge in [-0.15, -0.1) is 0 Å². The molecule has 0 aliphatic rings. The first kappa shape index (κ1) is 17.9. The van der Waals surface area contributed by atoms with Gasteiger partial charge in [-0.1, -0.05) is 45.9 Å².